The molecule has 7 heteroatoms. The van der Waals surface area contributed by atoms with Gasteiger partial charge in [0.25, 0.3) is 0 Å². The molecule has 2 N–H and O–H groups in total. The van der Waals surface area contributed by atoms with Crippen molar-refractivity contribution >= 4 is 10.0 Å². The molecule has 0 bridgehead atoms. The highest BCUT2D eigenvalue weighted by Gasteiger charge is 2.27. The smallest absolute Gasteiger partial charge is 0.245 e. The van der Waals surface area contributed by atoms with Gasteiger partial charge in [0.05, 0.1) is 0 Å². The Labute approximate surface area is 112 Å². The van der Waals surface area contributed by atoms with E-state index in [1.807, 2.05) is 0 Å². The van der Waals surface area contributed by atoms with Gasteiger partial charge in [-0.25, -0.2) is 17.2 Å². The van der Waals surface area contributed by atoms with Crippen LogP contribution in [-0.2, 0) is 10.0 Å². The molecule has 0 aliphatic carbocycles. The molecule has 0 radical (unpaired) electrons. The maximum absolute atomic E-state index is 13.6. The summed E-state index contributed by atoms with van der Waals surface area (Å²) in [5.41, 5.74) is 5.46. The van der Waals surface area contributed by atoms with Crippen LogP contribution >= 0.6 is 0 Å². The van der Waals surface area contributed by atoms with Crippen molar-refractivity contribution in [3.63, 3.8) is 0 Å². The Morgan fingerprint density at radius 2 is 2.00 bits per heavy atom. The summed E-state index contributed by atoms with van der Waals surface area (Å²) in [6.45, 7) is 4.19. The predicted molar refractivity (Wildman–Crippen MR) is 69.0 cm³/mol. The molecule has 1 atom stereocenters. The van der Waals surface area contributed by atoms with E-state index in [1.165, 1.54) is 0 Å². The Hall–Kier alpha value is -1.05. The fraction of sp³-hybridized carbons (Fsp3) is 0.500. The maximum atomic E-state index is 13.6. The highest BCUT2D eigenvalue weighted by Crippen LogP contribution is 2.20. The van der Waals surface area contributed by atoms with Gasteiger partial charge in [0.2, 0.25) is 10.0 Å². The van der Waals surface area contributed by atoms with Gasteiger partial charge in [-0.15, -0.1) is 0 Å². The van der Waals surface area contributed by atoms with Gasteiger partial charge in [-0.2, -0.15) is 4.31 Å². The van der Waals surface area contributed by atoms with Gasteiger partial charge in [-0.05, 0) is 24.6 Å². The van der Waals surface area contributed by atoms with Crippen LogP contribution in [0.1, 0.15) is 13.8 Å². The number of benzene rings is 1. The maximum Gasteiger partial charge on any atom is 0.245 e. The summed E-state index contributed by atoms with van der Waals surface area (Å²) in [7, 11) is -3.97. The van der Waals surface area contributed by atoms with Crippen molar-refractivity contribution in [2.75, 3.05) is 19.6 Å². The highest BCUT2D eigenvalue weighted by atomic mass is 32.2. The lowest BCUT2D eigenvalue weighted by atomic mass is 10.2. The summed E-state index contributed by atoms with van der Waals surface area (Å²) < 4.78 is 52.1. The predicted octanol–water partition coefficient (Wildman–Crippen LogP) is 1.57. The highest BCUT2D eigenvalue weighted by molar-refractivity contribution is 7.89. The Morgan fingerprint density at radius 3 is 2.47 bits per heavy atom. The van der Waals surface area contributed by atoms with Gasteiger partial charge >= 0.3 is 0 Å². The van der Waals surface area contributed by atoms with Crippen molar-refractivity contribution in [1.29, 1.82) is 0 Å². The van der Waals surface area contributed by atoms with Crippen LogP contribution in [0.5, 0.6) is 0 Å². The van der Waals surface area contributed by atoms with Crippen molar-refractivity contribution in [1.82, 2.24) is 4.31 Å². The number of hydrogen-bond acceptors (Lipinski definition) is 3. The third kappa shape index (κ3) is 3.71. The molecule has 0 fully saturated rings. The second-order valence-corrected chi connectivity index (χ2v) is 6.28. The minimum absolute atomic E-state index is 0.0433. The van der Waals surface area contributed by atoms with Crippen LogP contribution < -0.4 is 5.73 Å². The molecule has 0 aliphatic heterocycles. The van der Waals surface area contributed by atoms with Gasteiger partial charge in [-0.1, -0.05) is 13.8 Å². The molecule has 1 unspecified atom stereocenters. The van der Waals surface area contributed by atoms with E-state index in [9.17, 15) is 17.2 Å². The number of nitrogens with zero attached hydrogens (tertiary/aromatic N) is 1. The zero-order valence-electron chi connectivity index (χ0n) is 10.9. The summed E-state index contributed by atoms with van der Waals surface area (Å²) in [4.78, 5) is -0.514. The third-order valence-electron chi connectivity index (χ3n) is 2.78. The first kappa shape index (κ1) is 16.0. The van der Waals surface area contributed by atoms with E-state index in [2.05, 4.69) is 0 Å². The molecule has 108 valence electrons. The van der Waals surface area contributed by atoms with E-state index in [4.69, 9.17) is 5.73 Å². The van der Waals surface area contributed by atoms with Crippen LogP contribution in [0.2, 0.25) is 0 Å². The van der Waals surface area contributed by atoms with E-state index >= 15 is 0 Å². The minimum atomic E-state index is -3.97. The largest absolute Gasteiger partial charge is 0.330 e. The van der Waals surface area contributed by atoms with Crippen molar-refractivity contribution in [2.24, 2.45) is 11.7 Å². The van der Waals surface area contributed by atoms with Crippen molar-refractivity contribution < 1.29 is 17.2 Å². The summed E-state index contributed by atoms with van der Waals surface area (Å²) in [6, 6.07) is 2.43. The van der Waals surface area contributed by atoms with Gasteiger partial charge in [0.15, 0.2) is 0 Å². The number of hydrogen-bond donors (Lipinski definition) is 1. The van der Waals surface area contributed by atoms with Gasteiger partial charge in [0, 0.05) is 19.2 Å². The summed E-state index contributed by atoms with van der Waals surface area (Å²) in [6.07, 6.45) is 0. The SMILES string of the molecule is CCN(CC(C)CN)S(=O)(=O)c1ccc(F)cc1F. The first-order valence-electron chi connectivity index (χ1n) is 5.98. The first-order chi connectivity index (χ1) is 8.82. The molecule has 1 aromatic rings. The van der Waals surface area contributed by atoms with E-state index in [-0.39, 0.29) is 19.0 Å². The van der Waals surface area contributed by atoms with Crippen molar-refractivity contribution in [3.05, 3.63) is 29.8 Å². The number of nitrogens with two attached hydrogens (primary N) is 1. The summed E-state index contributed by atoms with van der Waals surface area (Å²) in [5.74, 6) is -1.94. The van der Waals surface area contributed by atoms with E-state index in [1.54, 1.807) is 13.8 Å². The van der Waals surface area contributed by atoms with E-state index < -0.39 is 26.6 Å². The van der Waals surface area contributed by atoms with Gasteiger partial charge < -0.3 is 5.73 Å². The minimum Gasteiger partial charge on any atom is -0.330 e. The molecule has 1 aromatic carbocycles. The van der Waals surface area contributed by atoms with Gasteiger partial charge in [0.1, 0.15) is 16.5 Å². The summed E-state index contributed by atoms with van der Waals surface area (Å²) in [5, 5.41) is 0. The zero-order valence-corrected chi connectivity index (χ0v) is 11.8. The lowest BCUT2D eigenvalue weighted by Crippen LogP contribution is -2.37. The Morgan fingerprint density at radius 1 is 1.37 bits per heavy atom. The molecular formula is C12H18F2N2O2S. The number of rotatable bonds is 6. The molecule has 0 aliphatic rings. The number of halogens is 2. The quantitative estimate of drug-likeness (QED) is 0.865. The third-order valence-corrected chi connectivity index (χ3v) is 4.76. The molecule has 0 amide bonds. The standard InChI is InChI=1S/C12H18F2N2O2S/c1-3-16(8-9(2)7-15)19(17,18)12-5-4-10(13)6-11(12)14/h4-6,9H,3,7-8,15H2,1-2H3. The normalized spacial score (nSPS) is 13.8. The monoisotopic (exact) mass is 292 g/mol. The lowest BCUT2D eigenvalue weighted by molar-refractivity contribution is 0.369. The Bertz CT molecular complexity index is 535. The Balaban J connectivity index is 3.13. The zero-order chi connectivity index (χ0) is 14.6. The van der Waals surface area contributed by atoms with Crippen LogP contribution in [0.3, 0.4) is 0 Å². The fourth-order valence-corrected chi connectivity index (χ4v) is 3.26. The number of sulfonamides is 1. The average molecular weight is 292 g/mol. The molecule has 0 aromatic heterocycles. The van der Waals surface area contributed by atoms with Crippen molar-refractivity contribution in [3.8, 4) is 0 Å². The summed E-state index contributed by atoms with van der Waals surface area (Å²) >= 11 is 0. The molecule has 1 rings (SSSR count). The first-order valence-corrected chi connectivity index (χ1v) is 7.42. The molecule has 4 nitrogen and oxygen atoms in total. The molecular weight excluding hydrogens is 274 g/mol. The van der Waals surface area contributed by atoms with Crippen LogP contribution in [0.15, 0.2) is 23.1 Å². The molecule has 0 heterocycles. The Kier molecular flexibility index (Phi) is 5.39. The second-order valence-electron chi connectivity index (χ2n) is 4.37. The fourth-order valence-electron chi connectivity index (χ4n) is 1.64. The van der Waals surface area contributed by atoms with Gasteiger partial charge in [-0.3, -0.25) is 0 Å². The van der Waals surface area contributed by atoms with E-state index in [0.29, 0.717) is 12.6 Å². The molecule has 0 spiro atoms. The van der Waals surface area contributed by atoms with Crippen LogP contribution in [-0.4, -0.2) is 32.4 Å². The van der Waals surface area contributed by atoms with Crippen molar-refractivity contribution in [2.45, 2.75) is 18.7 Å². The molecule has 19 heavy (non-hydrogen) atoms. The van der Waals surface area contributed by atoms with Crippen LogP contribution in [0, 0.1) is 17.6 Å². The molecule has 0 saturated heterocycles. The lowest BCUT2D eigenvalue weighted by Gasteiger charge is -2.23. The topological polar surface area (TPSA) is 63.4 Å². The second kappa shape index (κ2) is 6.40. The van der Waals surface area contributed by atoms with Crippen LogP contribution in [0.25, 0.3) is 0 Å². The average Bonchev–Trinajstić information content (AvgIpc) is 2.34. The van der Waals surface area contributed by atoms with E-state index in [0.717, 1.165) is 16.4 Å². The molecule has 0 saturated carbocycles. The van der Waals surface area contributed by atoms with Crippen LogP contribution in [0.4, 0.5) is 8.78 Å².